The largest absolute Gasteiger partial charge is 0.462 e. The summed E-state index contributed by atoms with van der Waals surface area (Å²) in [4.78, 5) is 44.0. The van der Waals surface area contributed by atoms with E-state index in [0.29, 0.717) is 27.3 Å². The van der Waals surface area contributed by atoms with Gasteiger partial charge in [0, 0.05) is 4.88 Å². The highest BCUT2D eigenvalue weighted by molar-refractivity contribution is 7.16. The molecule has 0 aromatic carbocycles. The number of rotatable bonds is 7. The zero-order valence-corrected chi connectivity index (χ0v) is 20.5. The molecule has 0 saturated carbocycles. The van der Waals surface area contributed by atoms with Crippen LogP contribution in [0.25, 0.3) is 21.7 Å². The molecule has 0 bridgehead atoms. The summed E-state index contributed by atoms with van der Waals surface area (Å²) < 4.78 is 15.7. The summed E-state index contributed by atoms with van der Waals surface area (Å²) in [6.07, 6.45) is 0. The zero-order chi connectivity index (χ0) is 24.4. The number of ether oxygens (including phenoxy) is 2. The lowest BCUT2D eigenvalue weighted by molar-refractivity contribution is -0.119. The number of aromatic nitrogens is 2. The van der Waals surface area contributed by atoms with E-state index in [-0.39, 0.29) is 17.9 Å². The molecule has 4 aromatic rings. The maximum atomic E-state index is 12.9. The maximum Gasteiger partial charge on any atom is 0.341 e. The molecular formula is C23H21N3O6S2. The van der Waals surface area contributed by atoms with E-state index in [1.807, 2.05) is 24.4 Å². The number of nitrogens with one attached hydrogen (secondary N) is 1. The molecule has 4 rings (SSSR count). The number of hydrogen-bond acceptors (Lipinski definition) is 10. The van der Waals surface area contributed by atoms with Crippen molar-refractivity contribution in [2.24, 2.45) is 0 Å². The summed E-state index contributed by atoms with van der Waals surface area (Å²) in [5.41, 5.74) is 2.48. The van der Waals surface area contributed by atoms with Gasteiger partial charge in [0.1, 0.15) is 5.00 Å². The number of hydrogen-bond donors (Lipinski definition) is 1. The normalized spacial score (nSPS) is 10.9. The minimum Gasteiger partial charge on any atom is -0.462 e. The number of fused-ring (bicyclic) bond motifs is 1. The molecule has 34 heavy (non-hydrogen) atoms. The molecule has 1 amide bonds. The minimum absolute atomic E-state index is 0.204. The van der Waals surface area contributed by atoms with Gasteiger partial charge in [0.05, 0.1) is 39.4 Å². The molecule has 4 heterocycles. The van der Waals surface area contributed by atoms with Gasteiger partial charge in [0.15, 0.2) is 6.61 Å². The van der Waals surface area contributed by atoms with Gasteiger partial charge >= 0.3 is 11.9 Å². The second-order valence-electron chi connectivity index (χ2n) is 7.31. The van der Waals surface area contributed by atoms with Gasteiger partial charge in [-0.25, -0.2) is 14.6 Å². The average Bonchev–Trinajstić information content (AvgIpc) is 3.53. The van der Waals surface area contributed by atoms with Crippen LogP contribution in [0.4, 0.5) is 5.00 Å². The van der Waals surface area contributed by atoms with Crippen molar-refractivity contribution in [1.82, 2.24) is 10.1 Å². The van der Waals surface area contributed by atoms with Gasteiger partial charge in [0.2, 0.25) is 0 Å². The number of pyridine rings is 1. The standard InChI is InChI=1S/C23H21N3O6S2/c1-5-30-23(29)18-11(2)13(4)34-21(18)25-17(27)10-31-22(28)14-9-15(16-7-6-8-33-16)24-20-19(14)12(3)26-32-20/h6-9H,5,10H2,1-4H3,(H,25,27). The summed E-state index contributed by atoms with van der Waals surface area (Å²) in [5, 5.41) is 9.24. The SMILES string of the molecule is CCOC(=O)c1c(NC(=O)COC(=O)c2cc(-c3cccs3)nc3onc(C)c23)sc(C)c1C. The molecular weight excluding hydrogens is 478 g/mol. The first kappa shape index (κ1) is 23.6. The molecule has 0 aliphatic heterocycles. The predicted octanol–water partition coefficient (Wildman–Crippen LogP) is 4.91. The summed E-state index contributed by atoms with van der Waals surface area (Å²) in [7, 11) is 0. The van der Waals surface area contributed by atoms with E-state index >= 15 is 0 Å². The van der Waals surface area contributed by atoms with Crippen LogP contribution in [0.15, 0.2) is 28.1 Å². The van der Waals surface area contributed by atoms with Crippen molar-refractivity contribution in [3.63, 3.8) is 0 Å². The van der Waals surface area contributed by atoms with E-state index in [9.17, 15) is 14.4 Å². The molecule has 4 aromatic heterocycles. The Kier molecular flexibility index (Phi) is 6.75. The van der Waals surface area contributed by atoms with Crippen LogP contribution in [-0.2, 0) is 14.3 Å². The van der Waals surface area contributed by atoms with Gasteiger partial charge in [-0.1, -0.05) is 11.2 Å². The second-order valence-corrected chi connectivity index (χ2v) is 9.49. The highest BCUT2D eigenvalue weighted by atomic mass is 32.1. The average molecular weight is 500 g/mol. The summed E-state index contributed by atoms with van der Waals surface area (Å²) in [5.74, 6) is -1.80. The fraction of sp³-hybridized carbons (Fsp3) is 0.261. The molecule has 0 aliphatic carbocycles. The van der Waals surface area contributed by atoms with Crippen LogP contribution in [0.1, 0.15) is 43.8 Å². The number of carbonyl (C=O) groups excluding carboxylic acids is 3. The fourth-order valence-electron chi connectivity index (χ4n) is 3.34. The molecule has 11 heteroatoms. The van der Waals surface area contributed by atoms with Gasteiger partial charge in [-0.05, 0) is 50.8 Å². The number of carbonyl (C=O) groups is 3. The summed E-state index contributed by atoms with van der Waals surface area (Å²) >= 11 is 2.72. The van der Waals surface area contributed by atoms with Crippen LogP contribution in [0.5, 0.6) is 0 Å². The molecule has 1 N–H and O–H groups in total. The quantitative estimate of drug-likeness (QED) is 0.356. The molecule has 176 valence electrons. The predicted molar refractivity (Wildman–Crippen MR) is 129 cm³/mol. The van der Waals surface area contributed by atoms with Gasteiger partial charge in [0.25, 0.3) is 11.6 Å². The van der Waals surface area contributed by atoms with Crippen LogP contribution in [0.2, 0.25) is 0 Å². The molecule has 9 nitrogen and oxygen atoms in total. The van der Waals surface area contributed by atoms with Crippen molar-refractivity contribution in [3.05, 3.63) is 50.8 Å². The van der Waals surface area contributed by atoms with E-state index < -0.39 is 24.5 Å². The monoisotopic (exact) mass is 499 g/mol. The van der Waals surface area contributed by atoms with Gasteiger partial charge in [-0.2, -0.15) is 0 Å². The molecule has 0 spiro atoms. The van der Waals surface area contributed by atoms with E-state index in [1.54, 1.807) is 26.8 Å². The van der Waals surface area contributed by atoms with Crippen LogP contribution in [0, 0.1) is 20.8 Å². The molecule has 0 radical (unpaired) electrons. The Morgan fingerprint density at radius 3 is 2.65 bits per heavy atom. The first-order valence-electron chi connectivity index (χ1n) is 10.3. The van der Waals surface area contributed by atoms with Gasteiger partial charge in [-0.3, -0.25) is 4.79 Å². The van der Waals surface area contributed by atoms with Gasteiger partial charge < -0.3 is 19.3 Å². The van der Waals surface area contributed by atoms with E-state index in [2.05, 4.69) is 15.5 Å². The van der Waals surface area contributed by atoms with E-state index in [0.717, 1.165) is 15.3 Å². The first-order chi connectivity index (χ1) is 16.3. The number of aryl methyl sites for hydroxylation is 2. The minimum atomic E-state index is -0.712. The van der Waals surface area contributed by atoms with Crippen molar-refractivity contribution in [3.8, 4) is 10.6 Å². The third-order valence-electron chi connectivity index (χ3n) is 5.06. The zero-order valence-electron chi connectivity index (χ0n) is 18.9. The smallest absolute Gasteiger partial charge is 0.341 e. The second kappa shape index (κ2) is 9.74. The summed E-state index contributed by atoms with van der Waals surface area (Å²) in [6, 6.07) is 5.35. The highest BCUT2D eigenvalue weighted by Gasteiger charge is 2.24. The number of esters is 2. The molecule has 0 aliphatic rings. The third kappa shape index (κ3) is 4.57. The van der Waals surface area contributed by atoms with Crippen molar-refractivity contribution in [1.29, 1.82) is 0 Å². The lowest BCUT2D eigenvalue weighted by atomic mass is 10.1. The third-order valence-corrected chi connectivity index (χ3v) is 7.08. The Labute approximate surface area is 202 Å². The highest BCUT2D eigenvalue weighted by Crippen LogP contribution is 2.33. The Morgan fingerprint density at radius 1 is 1.15 bits per heavy atom. The Bertz CT molecular complexity index is 1390. The van der Waals surface area contributed by atoms with Crippen molar-refractivity contribution in [2.45, 2.75) is 27.7 Å². The lowest BCUT2D eigenvalue weighted by Gasteiger charge is -2.09. The van der Waals surface area contributed by atoms with Crippen LogP contribution in [0.3, 0.4) is 0 Å². The van der Waals surface area contributed by atoms with E-state index in [1.165, 1.54) is 22.7 Å². The fourth-order valence-corrected chi connectivity index (χ4v) is 5.09. The van der Waals surface area contributed by atoms with E-state index in [4.69, 9.17) is 14.0 Å². The topological polar surface area (TPSA) is 121 Å². The van der Waals surface area contributed by atoms with Crippen LogP contribution < -0.4 is 5.32 Å². The molecule has 0 atom stereocenters. The van der Waals surface area contributed by atoms with Crippen molar-refractivity contribution >= 4 is 56.6 Å². The van der Waals surface area contributed by atoms with Crippen molar-refractivity contribution in [2.75, 3.05) is 18.5 Å². The maximum absolute atomic E-state index is 12.9. The van der Waals surface area contributed by atoms with Crippen LogP contribution >= 0.6 is 22.7 Å². The number of nitrogens with zero attached hydrogens (tertiary/aromatic N) is 2. The van der Waals surface area contributed by atoms with Crippen molar-refractivity contribution < 1.29 is 28.4 Å². The summed E-state index contributed by atoms with van der Waals surface area (Å²) in [6.45, 7) is 6.71. The molecule has 0 fully saturated rings. The number of thiophene rings is 2. The lowest BCUT2D eigenvalue weighted by Crippen LogP contribution is -2.22. The number of anilines is 1. The first-order valence-corrected chi connectivity index (χ1v) is 12.0. The Morgan fingerprint density at radius 2 is 1.94 bits per heavy atom. The van der Waals surface area contributed by atoms with Crippen LogP contribution in [-0.4, -0.2) is 41.2 Å². The Hall–Kier alpha value is -3.57. The molecule has 0 unspecified atom stereocenters. The molecule has 0 saturated heterocycles. The number of amides is 1. The Balaban J connectivity index is 1.53. The van der Waals surface area contributed by atoms with Gasteiger partial charge in [-0.15, -0.1) is 22.7 Å².